The number of aromatic nitrogens is 5. The molecule has 2 N–H and O–H groups in total. The van der Waals surface area contributed by atoms with Gasteiger partial charge in [-0.3, -0.25) is 0 Å². The van der Waals surface area contributed by atoms with Crippen molar-refractivity contribution in [3.05, 3.63) is 47.8 Å². The number of carbonyl (C=O) groups is 1. The fraction of sp³-hybridized carbons (Fsp3) is 0.235. The highest BCUT2D eigenvalue weighted by Gasteiger charge is 2.21. The van der Waals surface area contributed by atoms with Gasteiger partial charge in [-0.2, -0.15) is 9.78 Å². The first-order valence-electron chi connectivity index (χ1n) is 8.53. The molecule has 0 aliphatic heterocycles. The lowest BCUT2D eigenvalue weighted by Crippen LogP contribution is -2.33. The quantitative estimate of drug-likeness (QED) is 0.579. The van der Waals surface area contributed by atoms with Crippen LogP contribution < -0.4 is 15.4 Å². The third-order valence-corrected chi connectivity index (χ3v) is 5.38. The number of nitrogens with one attached hydrogen (secondary N) is 2. The van der Waals surface area contributed by atoms with E-state index in [4.69, 9.17) is 16.3 Å². The fourth-order valence-electron chi connectivity index (χ4n) is 2.62. The van der Waals surface area contributed by atoms with Gasteiger partial charge in [0.1, 0.15) is 12.1 Å². The molecule has 13 heteroatoms. The average Bonchev–Trinajstić information content (AvgIpc) is 3.18. The van der Waals surface area contributed by atoms with Gasteiger partial charge in [0, 0.05) is 24.7 Å². The molecule has 0 aliphatic carbocycles. The summed E-state index contributed by atoms with van der Waals surface area (Å²) < 4.78 is 30.7. The molecule has 3 aromatic rings. The van der Waals surface area contributed by atoms with Crippen molar-refractivity contribution in [3.8, 4) is 11.7 Å². The predicted octanol–water partition coefficient (Wildman–Crippen LogP) is 2.01. The highest BCUT2D eigenvalue weighted by atomic mass is 35.5. The van der Waals surface area contributed by atoms with Gasteiger partial charge in [0.15, 0.2) is 15.7 Å². The van der Waals surface area contributed by atoms with Crippen molar-refractivity contribution in [1.29, 1.82) is 0 Å². The Bertz CT molecular complexity index is 1170. The molecular weight excluding hydrogens is 434 g/mol. The maximum atomic E-state index is 12.5. The minimum atomic E-state index is -3.67. The van der Waals surface area contributed by atoms with E-state index in [1.165, 1.54) is 30.3 Å². The highest BCUT2D eigenvalue weighted by molar-refractivity contribution is 7.90. The van der Waals surface area contributed by atoms with E-state index in [-0.39, 0.29) is 21.4 Å². The van der Waals surface area contributed by atoms with Crippen molar-refractivity contribution in [1.82, 2.24) is 30.0 Å². The van der Waals surface area contributed by atoms with Crippen molar-refractivity contribution >= 4 is 33.2 Å². The molecule has 3 rings (SSSR count). The molecule has 0 saturated carbocycles. The van der Waals surface area contributed by atoms with Gasteiger partial charge in [-0.15, -0.1) is 0 Å². The number of halogens is 1. The average molecular weight is 452 g/mol. The number of amides is 2. The van der Waals surface area contributed by atoms with Crippen LogP contribution in [0, 0.1) is 0 Å². The van der Waals surface area contributed by atoms with Crippen molar-refractivity contribution in [2.75, 3.05) is 18.7 Å². The van der Waals surface area contributed by atoms with Crippen LogP contribution in [0.2, 0.25) is 5.02 Å². The monoisotopic (exact) mass is 451 g/mol. The summed E-state index contributed by atoms with van der Waals surface area (Å²) in [5.41, 5.74) is 0.0147. The smallest absolute Gasteiger partial charge is 0.319 e. The molecule has 2 amide bonds. The third kappa shape index (κ3) is 4.66. The van der Waals surface area contributed by atoms with E-state index >= 15 is 0 Å². The molecule has 0 fully saturated rings. The second-order valence-electron chi connectivity index (χ2n) is 6.15. The van der Waals surface area contributed by atoms with Crippen LogP contribution in [0.1, 0.15) is 18.8 Å². The van der Waals surface area contributed by atoms with Crippen molar-refractivity contribution in [2.24, 2.45) is 0 Å². The van der Waals surface area contributed by atoms with Gasteiger partial charge in [-0.25, -0.2) is 28.2 Å². The number of hydrogen-bond acceptors (Lipinski definition) is 8. The van der Waals surface area contributed by atoms with E-state index in [0.29, 0.717) is 11.8 Å². The number of rotatable bonds is 6. The summed E-state index contributed by atoms with van der Waals surface area (Å²) in [5.74, 6) is 0.847. The van der Waals surface area contributed by atoms with E-state index in [1.54, 1.807) is 25.4 Å². The zero-order valence-corrected chi connectivity index (χ0v) is 17.8. The van der Waals surface area contributed by atoms with E-state index in [0.717, 1.165) is 6.26 Å². The Kier molecular flexibility index (Phi) is 6.17. The Morgan fingerprint density at radius 2 is 1.93 bits per heavy atom. The van der Waals surface area contributed by atoms with E-state index in [1.807, 2.05) is 0 Å². The Morgan fingerprint density at radius 3 is 2.57 bits per heavy atom. The van der Waals surface area contributed by atoms with E-state index < -0.39 is 21.9 Å². The fourth-order valence-corrected chi connectivity index (χ4v) is 3.69. The summed E-state index contributed by atoms with van der Waals surface area (Å²) in [4.78, 5) is 24.7. The van der Waals surface area contributed by atoms with Gasteiger partial charge < -0.3 is 15.4 Å². The number of hydrogen-bond donors (Lipinski definition) is 2. The molecule has 2 heterocycles. The summed E-state index contributed by atoms with van der Waals surface area (Å²) >= 11 is 6.08. The largest absolute Gasteiger partial charge is 0.495 e. The molecule has 11 nitrogen and oxygen atoms in total. The molecule has 158 valence electrons. The third-order valence-electron chi connectivity index (χ3n) is 3.95. The number of carbonyl (C=O) groups excluding carboxylic acids is 1. The van der Waals surface area contributed by atoms with Crippen LogP contribution in [-0.4, -0.2) is 52.5 Å². The van der Waals surface area contributed by atoms with Crippen LogP contribution in [0.5, 0.6) is 5.75 Å². The number of methoxy groups -OCH3 is 1. The second-order valence-corrected chi connectivity index (χ2v) is 8.55. The lowest BCUT2D eigenvalue weighted by Gasteiger charge is -2.16. The SMILES string of the molecule is COc1cc(S(C)(=O)=O)c(NC(=O)N[C@@H](C)c2ncnn2-c2ncccn2)cc1Cl. The summed E-state index contributed by atoms with van der Waals surface area (Å²) in [7, 11) is -2.30. The minimum absolute atomic E-state index is 0.0147. The van der Waals surface area contributed by atoms with Crippen LogP contribution in [-0.2, 0) is 9.84 Å². The molecule has 1 aromatic carbocycles. The molecule has 0 saturated heterocycles. The van der Waals surface area contributed by atoms with Gasteiger partial charge in [0.05, 0.1) is 28.8 Å². The molecule has 0 radical (unpaired) electrons. The first kappa shape index (κ1) is 21.5. The van der Waals surface area contributed by atoms with E-state index in [9.17, 15) is 13.2 Å². The van der Waals surface area contributed by atoms with Gasteiger partial charge in [-0.1, -0.05) is 11.6 Å². The maximum absolute atomic E-state index is 12.5. The minimum Gasteiger partial charge on any atom is -0.495 e. The molecule has 0 aliphatic rings. The number of urea groups is 1. The first-order chi connectivity index (χ1) is 14.2. The summed E-state index contributed by atoms with van der Waals surface area (Å²) in [6.07, 6.45) is 5.44. The maximum Gasteiger partial charge on any atom is 0.319 e. The molecule has 30 heavy (non-hydrogen) atoms. The zero-order chi connectivity index (χ0) is 21.9. The topological polar surface area (TPSA) is 141 Å². The van der Waals surface area contributed by atoms with Gasteiger partial charge in [0.2, 0.25) is 0 Å². The van der Waals surface area contributed by atoms with E-state index in [2.05, 4.69) is 30.7 Å². The van der Waals surface area contributed by atoms with Crippen molar-refractivity contribution in [2.45, 2.75) is 17.9 Å². The molecular formula is C17H18ClN7O4S. The van der Waals surface area contributed by atoms with Crippen LogP contribution in [0.25, 0.3) is 5.95 Å². The Morgan fingerprint density at radius 1 is 1.23 bits per heavy atom. The molecule has 1 atom stereocenters. The van der Waals surface area contributed by atoms with Gasteiger partial charge >= 0.3 is 6.03 Å². The number of anilines is 1. The zero-order valence-electron chi connectivity index (χ0n) is 16.2. The lowest BCUT2D eigenvalue weighted by atomic mass is 10.3. The standard InChI is InChI=1S/C17H18ClN7O4S/c1-10(15-21-9-22-25(15)16-19-5-4-6-20-16)23-17(26)24-12-7-11(18)13(29-2)8-14(12)30(3,27)28/h4-10H,1-3H3,(H2,23,24,26)/t10-/m0/s1. The number of nitrogens with zero attached hydrogens (tertiary/aromatic N) is 5. The lowest BCUT2D eigenvalue weighted by molar-refractivity contribution is 0.248. The van der Waals surface area contributed by atoms with Crippen LogP contribution in [0.15, 0.2) is 41.8 Å². The van der Waals surface area contributed by atoms with Gasteiger partial charge in [0.25, 0.3) is 5.95 Å². The second kappa shape index (κ2) is 8.63. The molecule has 2 aromatic heterocycles. The molecule has 0 bridgehead atoms. The van der Waals surface area contributed by atoms with Crippen LogP contribution in [0.3, 0.4) is 0 Å². The number of benzene rings is 1. The summed E-state index contributed by atoms with van der Waals surface area (Å²) in [6.45, 7) is 1.68. The molecule has 0 unspecified atom stereocenters. The Balaban J connectivity index is 1.82. The van der Waals surface area contributed by atoms with Crippen molar-refractivity contribution < 1.29 is 17.9 Å². The number of ether oxygens (including phenoxy) is 1. The summed E-state index contributed by atoms with van der Waals surface area (Å²) in [6, 6.07) is 2.94. The molecule has 0 spiro atoms. The van der Waals surface area contributed by atoms with Crippen LogP contribution in [0.4, 0.5) is 10.5 Å². The first-order valence-corrected chi connectivity index (χ1v) is 10.8. The Labute approximate surface area is 177 Å². The number of sulfone groups is 1. The predicted molar refractivity (Wildman–Crippen MR) is 109 cm³/mol. The van der Waals surface area contributed by atoms with Gasteiger partial charge in [-0.05, 0) is 19.1 Å². The Hall–Kier alpha value is -3.25. The highest BCUT2D eigenvalue weighted by Crippen LogP contribution is 2.33. The normalized spacial score (nSPS) is 12.3. The van der Waals surface area contributed by atoms with Crippen LogP contribution >= 0.6 is 11.6 Å². The summed E-state index contributed by atoms with van der Waals surface area (Å²) in [5, 5.41) is 9.39. The van der Waals surface area contributed by atoms with Crippen molar-refractivity contribution in [3.63, 3.8) is 0 Å².